The van der Waals surface area contributed by atoms with E-state index in [2.05, 4.69) is 20.7 Å². The molecule has 2 heterocycles. The number of hydrogen-bond acceptors (Lipinski definition) is 4. The van der Waals surface area contributed by atoms with Gasteiger partial charge >= 0.3 is 0 Å². The van der Waals surface area contributed by atoms with Crippen LogP contribution in [0, 0.1) is 6.92 Å². The molecule has 0 fully saturated rings. The van der Waals surface area contributed by atoms with Crippen LogP contribution in [0.1, 0.15) is 21.7 Å². The van der Waals surface area contributed by atoms with E-state index in [4.69, 9.17) is 0 Å². The Balaban J connectivity index is 1.76. The molecule has 0 bridgehead atoms. The lowest BCUT2D eigenvalue weighted by atomic mass is 10.2. The second-order valence-corrected chi connectivity index (χ2v) is 5.00. The van der Waals surface area contributed by atoms with Crippen molar-refractivity contribution in [3.8, 4) is 0 Å². The summed E-state index contributed by atoms with van der Waals surface area (Å²) in [6, 6.07) is 11.6. The average molecular weight is 296 g/mol. The van der Waals surface area contributed by atoms with E-state index in [1.807, 2.05) is 37.3 Å². The summed E-state index contributed by atoms with van der Waals surface area (Å²) in [6.07, 6.45) is 1.76. The summed E-state index contributed by atoms with van der Waals surface area (Å²) in [5.74, 6) is 0.181. The van der Waals surface area contributed by atoms with Crippen molar-refractivity contribution < 1.29 is 4.79 Å². The van der Waals surface area contributed by atoms with Gasteiger partial charge < -0.3 is 5.32 Å². The van der Waals surface area contributed by atoms with Gasteiger partial charge in [-0.05, 0) is 12.5 Å². The topological polar surface area (TPSA) is 77.6 Å². The SMILES string of the molecule is Cc1c(C(=O)Nc2ccn(C)n2)nnn1Cc1ccccc1. The van der Waals surface area contributed by atoms with Crippen LogP contribution >= 0.6 is 0 Å². The maximum absolute atomic E-state index is 12.2. The zero-order valence-corrected chi connectivity index (χ0v) is 12.4. The van der Waals surface area contributed by atoms with Crippen LogP contribution in [-0.2, 0) is 13.6 Å². The molecular weight excluding hydrogens is 280 g/mol. The van der Waals surface area contributed by atoms with Gasteiger partial charge in [-0.1, -0.05) is 35.5 Å². The number of nitrogens with zero attached hydrogens (tertiary/aromatic N) is 5. The standard InChI is InChI=1S/C15H16N6O/c1-11-14(15(22)16-13-8-9-20(2)18-13)17-19-21(11)10-12-6-4-3-5-7-12/h3-9H,10H2,1-2H3,(H,16,18,22). The number of nitrogens with one attached hydrogen (secondary N) is 1. The first kappa shape index (κ1) is 14.0. The van der Waals surface area contributed by atoms with Crippen LogP contribution in [0.2, 0.25) is 0 Å². The Morgan fingerprint density at radius 2 is 2.00 bits per heavy atom. The first-order chi connectivity index (χ1) is 10.6. The number of aryl methyl sites for hydroxylation is 1. The molecule has 0 unspecified atom stereocenters. The summed E-state index contributed by atoms with van der Waals surface area (Å²) in [4.78, 5) is 12.2. The van der Waals surface area contributed by atoms with Crippen molar-refractivity contribution in [3.63, 3.8) is 0 Å². The fourth-order valence-electron chi connectivity index (χ4n) is 2.13. The summed E-state index contributed by atoms with van der Waals surface area (Å²) >= 11 is 0. The van der Waals surface area contributed by atoms with Gasteiger partial charge in [0.15, 0.2) is 11.5 Å². The number of anilines is 1. The highest BCUT2D eigenvalue weighted by atomic mass is 16.2. The van der Waals surface area contributed by atoms with E-state index in [1.54, 1.807) is 28.7 Å². The Hall–Kier alpha value is -2.96. The quantitative estimate of drug-likeness (QED) is 0.793. The van der Waals surface area contributed by atoms with Gasteiger partial charge in [0.05, 0.1) is 12.2 Å². The number of rotatable bonds is 4. The van der Waals surface area contributed by atoms with Gasteiger partial charge in [-0.15, -0.1) is 5.10 Å². The number of aromatic nitrogens is 5. The van der Waals surface area contributed by atoms with E-state index in [0.29, 0.717) is 18.1 Å². The van der Waals surface area contributed by atoms with Crippen LogP contribution in [0.3, 0.4) is 0 Å². The zero-order valence-electron chi connectivity index (χ0n) is 12.4. The molecule has 22 heavy (non-hydrogen) atoms. The van der Waals surface area contributed by atoms with E-state index in [9.17, 15) is 4.79 Å². The first-order valence-corrected chi connectivity index (χ1v) is 6.88. The second kappa shape index (κ2) is 5.80. The summed E-state index contributed by atoms with van der Waals surface area (Å²) < 4.78 is 3.33. The van der Waals surface area contributed by atoms with E-state index in [1.165, 1.54) is 0 Å². The minimum absolute atomic E-state index is 0.307. The van der Waals surface area contributed by atoms with Crippen molar-refractivity contribution in [2.45, 2.75) is 13.5 Å². The molecule has 1 N–H and O–H groups in total. The van der Waals surface area contributed by atoms with Crippen molar-refractivity contribution in [3.05, 3.63) is 59.5 Å². The number of carbonyl (C=O) groups excluding carboxylic acids is 1. The van der Waals surface area contributed by atoms with Crippen molar-refractivity contribution in [1.82, 2.24) is 24.8 Å². The number of hydrogen-bond donors (Lipinski definition) is 1. The monoisotopic (exact) mass is 296 g/mol. The molecule has 0 saturated heterocycles. The highest BCUT2D eigenvalue weighted by Crippen LogP contribution is 2.10. The molecule has 3 rings (SSSR count). The number of benzene rings is 1. The van der Waals surface area contributed by atoms with Crippen molar-refractivity contribution in [1.29, 1.82) is 0 Å². The second-order valence-electron chi connectivity index (χ2n) is 5.00. The molecule has 0 aliphatic heterocycles. The van der Waals surface area contributed by atoms with Crippen LogP contribution in [0.5, 0.6) is 0 Å². The van der Waals surface area contributed by atoms with Crippen molar-refractivity contribution in [2.75, 3.05) is 5.32 Å². The number of carbonyl (C=O) groups is 1. The highest BCUT2D eigenvalue weighted by Gasteiger charge is 2.17. The Bertz CT molecular complexity index is 789. The Morgan fingerprint density at radius 1 is 1.23 bits per heavy atom. The molecule has 0 saturated carbocycles. The van der Waals surface area contributed by atoms with Crippen LogP contribution in [0.15, 0.2) is 42.6 Å². The normalized spacial score (nSPS) is 10.6. The largest absolute Gasteiger partial charge is 0.304 e. The van der Waals surface area contributed by atoms with E-state index in [-0.39, 0.29) is 5.91 Å². The van der Waals surface area contributed by atoms with Gasteiger partial charge in [-0.2, -0.15) is 5.10 Å². The molecule has 1 aromatic carbocycles. The smallest absolute Gasteiger partial charge is 0.279 e. The molecule has 1 amide bonds. The molecule has 112 valence electrons. The lowest BCUT2D eigenvalue weighted by molar-refractivity contribution is 0.102. The van der Waals surface area contributed by atoms with Gasteiger partial charge in [0.2, 0.25) is 0 Å². The maximum Gasteiger partial charge on any atom is 0.279 e. The van der Waals surface area contributed by atoms with Crippen LogP contribution in [-0.4, -0.2) is 30.7 Å². The van der Waals surface area contributed by atoms with E-state index >= 15 is 0 Å². The summed E-state index contributed by atoms with van der Waals surface area (Å²) in [5.41, 5.74) is 2.13. The molecule has 0 aliphatic carbocycles. The Labute approximate surface area is 127 Å². The number of amides is 1. The predicted molar refractivity (Wildman–Crippen MR) is 81.5 cm³/mol. The fourth-order valence-corrected chi connectivity index (χ4v) is 2.13. The molecule has 2 aromatic heterocycles. The Morgan fingerprint density at radius 3 is 2.68 bits per heavy atom. The molecule has 0 spiro atoms. The maximum atomic E-state index is 12.2. The molecule has 0 atom stereocenters. The van der Waals surface area contributed by atoms with Crippen molar-refractivity contribution in [2.24, 2.45) is 7.05 Å². The zero-order chi connectivity index (χ0) is 15.5. The molecule has 7 nitrogen and oxygen atoms in total. The van der Waals surface area contributed by atoms with Crippen LogP contribution in [0.4, 0.5) is 5.82 Å². The lowest BCUT2D eigenvalue weighted by Gasteiger charge is -2.04. The molecule has 0 radical (unpaired) electrons. The lowest BCUT2D eigenvalue weighted by Crippen LogP contribution is -2.15. The molecule has 0 aliphatic rings. The average Bonchev–Trinajstić information content (AvgIpc) is 3.07. The van der Waals surface area contributed by atoms with Gasteiger partial charge in [-0.3, -0.25) is 9.48 Å². The van der Waals surface area contributed by atoms with Gasteiger partial charge in [0.1, 0.15) is 0 Å². The minimum atomic E-state index is -0.310. The van der Waals surface area contributed by atoms with Crippen molar-refractivity contribution >= 4 is 11.7 Å². The Kier molecular flexibility index (Phi) is 3.69. The highest BCUT2D eigenvalue weighted by molar-refractivity contribution is 6.02. The van der Waals surface area contributed by atoms with E-state index < -0.39 is 0 Å². The molecular formula is C15H16N6O. The summed E-state index contributed by atoms with van der Waals surface area (Å²) in [5, 5.41) is 14.9. The van der Waals surface area contributed by atoms with Gasteiger partial charge in [0.25, 0.3) is 5.91 Å². The van der Waals surface area contributed by atoms with E-state index in [0.717, 1.165) is 11.3 Å². The third-order valence-electron chi connectivity index (χ3n) is 3.33. The summed E-state index contributed by atoms with van der Waals surface area (Å²) in [7, 11) is 1.79. The third kappa shape index (κ3) is 2.88. The van der Waals surface area contributed by atoms with Gasteiger partial charge in [-0.25, -0.2) is 4.68 Å². The molecule has 7 heteroatoms. The van der Waals surface area contributed by atoms with Crippen LogP contribution in [0.25, 0.3) is 0 Å². The first-order valence-electron chi connectivity index (χ1n) is 6.88. The third-order valence-corrected chi connectivity index (χ3v) is 3.33. The summed E-state index contributed by atoms with van der Waals surface area (Å²) in [6.45, 7) is 2.41. The van der Waals surface area contributed by atoms with Gasteiger partial charge in [0, 0.05) is 19.3 Å². The fraction of sp³-hybridized carbons (Fsp3) is 0.200. The predicted octanol–water partition coefficient (Wildman–Crippen LogP) is 1.62. The minimum Gasteiger partial charge on any atom is -0.304 e. The van der Waals surface area contributed by atoms with Crippen LogP contribution < -0.4 is 5.32 Å². The molecule has 3 aromatic rings.